The number of hydrogen-bond donors (Lipinski definition) is 0. The maximum absolute atomic E-state index is 4.83. The Balaban J connectivity index is 0. The Morgan fingerprint density at radius 3 is 1.50 bits per heavy atom. The maximum Gasteiger partial charge on any atom is 0.156 e. The molecule has 0 saturated heterocycles. The lowest BCUT2D eigenvalue weighted by Gasteiger charge is -2.08. The Labute approximate surface area is 72.4 Å². The van der Waals surface area contributed by atoms with E-state index >= 15 is 0 Å². The second kappa shape index (κ2) is 12.2. The third-order valence-electron chi connectivity index (χ3n) is 0.859. The molecule has 0 aromatic carbocycles. The van der Waals surface area contributed by atoms with Crippen LogP contribution in [0.15, 0.2) is 0 Å². The first kappa shape index (κ1) is 13.1. The van der Waals surface area contributed by atoms with Crippen LogP contribution in [-0.2, 0) is 9.47 Å². The van der Waals surface area contributed by atoms with Gasteiger partial charge in [-0.3, -0.25) is 0 Å². The Morgan fingerprint density at radius 1 is 1.20 bits per heavy atom. The van der Waals surface area contributed by atoms with Crippen molar-refractivity contribution in [2.24, 2.45) is 0 Å². The Bertz CT molecular complexity index is 43.5. The Hall–Kier alpha value is 0.500. The maximum atomic E-state index is 4.83. The highest BCUT2D eigenvalue weighted by atomic mass is 35.5. The number of ether oxygens (including phenoxy) is 2. The third kappa shape index (κ3) is 11.3. The van der Waals surface area contributed by atoms with E-state index in [2.05, 4.69) is 0 Å². The largest absolute Gasteiger partial charge is 0.356 e. The molecule has 10 heavy (non-hydrogen) atoms. The highest BCUT2D eigenvalue weighted by Crippen LogP contribution is 1.93. The van der Waals surface area contributed by atoms with Crippen molar-refractivity contribution in [2.75, 3.05) is 19.6 Å². The zero-order chi connectivity index (χ0) is 8.41. The van der Waals surface area contributed by atoms with Crippen molar-refractivity contribution in [3.05, 3.63) is 0 Å². The predicted molar refractivity (Wildman–Crippen MR) is 44.7 cm³/mol. The van der Waals surface area contributed by atoms with Crippen molar-refractivity contribution >= 4 is 23.2 Å². The first-order valence-corrected chi connectivity index (χ1v) is 4.01. The average molecular weight is 189 g/mol. The normalized spacial score (nSPS) is 9.00. The van der Waals surface area contributed by atoms with E-state index in [0.29, 0.717) is 0 Å². The molecule has 0 amide bonds. The van der Waals surface area contributed by atoms with Gasteiger partial charge in [0.2, 0.25) is 0 Å². The lowest BCUT2D eigenvalue weighted by Crippen LogP contribution is -2.10. The van der Waals surface area contributed by atoms with Crippen LogP contribution in [-0.4, -0.2) is 25.8 Å². The summed E-state index contributed by atoms with van der Waals surface area (Å²) in [6, 6.07) is 0. The van der Waals surface area contributed by atoms with E-state index < -0.39 is 0 Å². The van der Waals surface area contributed by atoms with Crippen molar-refractivity contribution in [1.82, 2.24) is 0 Å². The Kier molecular flexibility index (Phi) is 16.0. The van der Waals surface area contributed by atoms with Crippen LogP contribution < -0.4 is 0 Å². The number of alkyl halides is 2. The minimum absolute atomic E-state index is 0.0139. The van der Waals surface area contributed by atoms with Gasteiger partial charge < -0.3 is 9.47 Å². The summed E-state index contributed by atoms with van der Waals surface area (Å²) in [5, 5.41) is 0.194. The summed E-state index contributed by atoms with van der Waals surface area (Å²) in [7, 11) is 3.27. The van der Waals surface area contributed by atoms with Crippen LogP contribution in [0.4, 0.5) is 0 Å². The highest BCUT2D eigenvalue weighted by molar-refractivity contribution is 6.40. The van der Waals surface area contributed by atoms with E-state index in [1.807, 2.05) is 6.92 Å². The highest BCUT2D eigenvalue weighted by Gasteiger charge is 1.96. The molecule has 0 bridgehead atoms. The average Bonchev–Trinajstić information content (AvgIpc) is 1.93. The van der Waals surface area contributed by atoms with E-state index in [0.717, 1.165) is 6.42 Å². The van der Waals surface area contributed by atoms with Gasteiger partial charge in [0.25, 0.3) is 0 Å². The van der Waals surface area contributed by atoms with Crippen LogP contribution in [0.1, 0.15) is 13.3 Å². The van der Waals surface area contributed by atoms with Gasteiger partial charge in [0.1, 0.15) is 0 Å². The molecule has 0 fully saturated rings. The molecule has 0 aliphatic heterocycles. The van der Waals surface area contributed by atoms with Crippen molar-refractivity contribution in [3.63, 3.8) is 0 Å². The molecule has 0 rings (SSSR count). The summed E-state index contributed by atoms with van der Waals surface area (Å²) in [5.41, 5.74) is 0. The molecule has 0 aromatic heterocycles. The van der Waals surface area contributed by atoms with Crippen LogP contribution in [0.3, 0.4) is 0 Å². The van der Waals surface area contributed by atoms with Gasteiger partial charge in [-0.1, -0.05) is 6.92 Å². The topological polar surface area (TPSA) is 18.5 Å². The summed E-state index contributed by atoms with van der Waals surface area (Å²) in [4.78, 5) is 0. The molecule has 0 aliphatic rings. The number of hydrogen-bond acceptors (Lipinski definition) is 2. The van der Waals surface area contributed by atoms with Crippen LogP contribution in [0.2, 0.25) is 0 Å². The fraction of sp³-hybridized carbons (Fsp3) is 1.00. The monoisotopic (exact) mass is 188 g/mol. The molecule has 2 nitrogen and oxygen atoms in total. The lowest BCUT2D eigenvalue weighted by molar-refractivity contribution is -0.103. The third-order valence-corrected chi connectivity index (χ3v) is 0.859. The van der Waals surface area contributed by atoms with E-state index in [1.165, 1.54) is 0 Å². The van der Waals surface area contributed by atoms with Crippen LogP contribution in [0.5, 0.6) is 0 Å². The van der Waals surface area contributed by atoms with E-state index in [1.54, 1.807) is 14.2 Å². The minimum Gasteiger partial charge on any atom is -0.356 e. The van der Waals surface area contributed by atoms with E-state index in [-0.39, 0.29) is 11.6 Å². The van der Waals surface area contributed by atoms with Crippen LogP contribution in [0, 0.1) is 0 Å². The number of methoxy groups -OCH3 is 2. The molecule has 0 aromatic rings. The SMILES string of the molecule is CCC(OC)OC.ClCCl. The van der Waals surface area contributed by atoms with Gasteiger partial charge in [-0.25, -0.2) is 0 Å². The second-order valence-electron chi connectivity index (χ2n) is 1.41. The molecule has 0 heterocycles. The van der Waals surface area contributed by atoms with Gasteiger partial charge >= 0.3 is 0 Å². The number of rotatable bonds is 3. The molecule has 0 unspecified atom stereocenters. The molecular formula is C6H14Cl2O2. The second-order valence-corrected chi connectivity index (χ2v) is 2.22. The van der Waals surface area contributed by atoms with Crippen LogP contribution >= 0.6 is 23.2 Å². The van der Waals surface area contributed by atoms with Gasteiger partial charge in [-0.15, -0.1) is 23.2 Å². The summed E-state index contributed by atoms with van der Waals surface area (Å²) in [6.45, 7) is 2.01. The molecule has 0 radical (unpaired) electrons. The number of halogens is 2. The van der Waals surface area contributed by atoms with Crippen molar-refractivity contribution in [1.29, 1.82) is 0 Å². The molecule has 64 valence electrons. The van der Waals surface area contributed by atoms with Gasteiger partial charge in [-0.05, 0) is 6.42 Å². The Morgan fingerprint density at radius 2 is 1.50 bits per heavy atom. The summed E-state index contributed by atoms with van der Waals surface area (Å²) < 4.78 is 9.65. The van der Waals surface area contributed by atoms with E-state index in [9.17, 15) is 0 Å². The zero-order valence-electron chi connectivity index (χ0n) is 6.56. The fourth-order valence-corrected chi connectivity index (χ4v) is 0.430. The first-order chi connectivity index (χ1) is 4.76. The molecule has 0 saturated carbocycles. The molecule has 0 aliphatic carbocycles. The molecular weight excluding hydrogens is 175 g/mol. The minimum atomic E-state index is -0.0139. The zero-order valence-corrected chi connectivity index (χ0v) is 8.08. The molecule has 0 N–H and O–H groups in total. The van der Waals surface area contributed by atoms with Gasteiger partial charge in [0, 0.05) is 14.2 Å². The summed E-state index contributed by atoms with van der Waals surface area (Å²) in [5.74, 6) is 0. The smallest absolute Gasteiger partial charge is 0.156 e. The van der Waals surface area contributed by atoms with Crippen molar-refractivity contribution in [3.8, 4) is 0 Å². The molecule has 0 atom stereocenters. The van der Waals surface area contributed by atoms with E-state index in [4.69, 9.17) is 32.7 Å². The van der Waals surface area contributed by atoms with Crippen molar-refractivity contribution < 1.29 is 9.47 Å². The standard InChI is InChI=1S/C5H12O2.CH2Cl2/c1-4-5(6-2)7-3;2-1-3/h5H,4H2,1-3H3;1H2. The van der Waals surface area contributed by atoms with Gasteiger partial charge in [-0.2, -0.15) is 0 Å². The summed E-state index contributed by atoms with van der Waals surface area (Å²) in [6.07, 6.45) is 0.896. The van der Waals surface area contributed by atoms with Crippen LogP contribution in [0.25, 0.3) is 0 Å². The molecule has 0 spiro atoms. The molecule has 4 heteroatoms. The first-order valence-electron chi connectivity index (χ1n) is 2.94. The lowest BCUT2D eigenvalue weighted by atomic mass is 10.5. The quantitative estimate of drug-likeness (QED) is 0.501. The van der Waals surface area contributed by atoms with Crippen molar-refractivity contribution in [2.45, 2.75) is 19.6 Å². The fourth-order valence-electron chi connectivity index (χ4n) is 0.430. The van der Waals surface area contributed by atoms with Gasteiger partial charge in [0.05, 0.1) is 5.34 Å². The summed E-state index contributed by atoms with van der Waals surface area (Å²) >= 11 is 9.53. The van der Waals surface area contributed by atoms with Gasteiger partial charge in [0.15, 0.2) is 6.29 Å². The predicted octanol–water partition coefficient (Wildman–Crippen LogP) is 2.44.